The van der Waals surface area contributed by atoms with Crippen molar-refractivity contribution >= 4 is 34.6 Å². The van der Waals surface area contributed by atoms with Gasteiger partial charge in [0.1, 0.15) is 6.61 Å². The summed E-state index contributed by atoms with van der Waals surface area (Å²) in [6, 6.07) is 9.96. The Morgan fingerprint density at radius 1 is 1.00 bits per heavy atom. The second-order valence-corrected chi connectivity index (χ2v) is 9.17. The molecule has 0 atom stereocenters. The van der Waals surface area contributed by atoms with Gasteiger partial charge in [-0.25, -0.2) is 4.98 Å². The van der Waals surface area contributed by atoms with E-state index in [2.05, 4.69) is 26.6 Å². The Balaban J connectivity index is 1.33. The minimum absolute atomic E-state index is 0.0999. The molecule has 0 amide bonds. The Bertz CT molecular complexity index is 949. The lowest BCUT2D eigenvalue weighted by Gasteiger charge is -2.10. The molecule has 3 rings (SSSR count). The van der Waals surface area contributed by atoms with Crippen LogP contribution in [0.3, 0.4) is 0 Å². The number of hydrogen-bond donors (Lipinski definition) is 1. The van der Waals surface area contributed by atoms with E-state index in [9.17, 15) is 13.2 Å². The largest absolute Gasteiger partial charge is 0.411 e. The van der Waals surface area contributed by atoms with E-state index in [0.717, 1.165) is 39.0 Å². The first-order valence-corrected chi connectivity index (χ1v) is 12.3. The van der Waals surface area contributed by atoms with Crippen molar-refractivity contribution in [3.05, 3.63) is 47.8 Å². The van der Waals surface area contributed by atoms with Crippen LogP contribution in [0, 0.1) is 6.92 Å². The molecule has 2 aromatic heterocycles. The number of halogens is 3. The molecular weight excluding hydrogens is 459 g/mol. The summed E-state index contributed by atoms with van der Waals surface area (Å²) < 4.78 is 46.0. The highest BCUT2D eigenvalue weighted by molar-refractivity contribution is 7.99. The van der Waals surface area contributed by atoms with Crippen molar-refractivity contribution in [2.45, 2.75) is 41.7 Å². The Morgan fingerprint density at radius 2 is 1.78 bits per heavy atom. The predicted octanol–water partition coefficient (Wildman–Crippen LogP) is 6.03. The third kappa shape index (κ3) is 8.31. The number of nitrogens with zero attached hydrogens (tertiary/aromatic N) is 2. The number of hydrogen-bond acceptors (Lipinski definition) is 6. The van der Waals surface area contributed by atoms with Gasteiger partial charge in [-0.15, -0.1) is 11.8 Å². The highest BCUT2D eigenvalue weighted by atomic mass is 32.2. The average Bonchev–Trinajstić information content (AvgIpc) is 3.17. The van der Waals surface area contributed by atoms with E-state index in [1.165, 1.54) is 4.90 Å². The summed E-state index contributed by atoms with van der Waals surface area (Å²) in [6.45, 7) is 2.09. The van der Waals surface area contributed by atoms with Gasteiger partial charge in [-0.2, -0.15) is 13.2 Å². The number of para-hydroxylation sites is 2. The van der Waals surface area contributed by atoms with Crippen LogP contribution in [0.4, 0.5) is 13.2 Å². The number of unbranched alkanes of at least 4 members (excludes halogenated alkanes) is 1. The zero-order chi connectivity index (χ0) is 22.8. The summed E-state index contributed by atoms with van der Waals surface area (Å²) in [7, 11) is 0. The fourth-order valence-corrected chi connectivity index (χ4v) is 4.73. The van der Waals surface area contributed by atoms with Gasteiger partial charge in [0.2, 0.25) is 0 Å². The molecule has 0 saturated heterocycles. The zero-order valence-electron chi connectivity index (χ0n) is 17.8. The number of aromatic amines is 1. The van der Waals surface area contributed by atoms with Gasteiger partial charge >= 0.3 is 6.18 Å². The van der Waals surface area contributed by atoms with Gasteiger partial charge in [0, 0.05) is 35.8 Å². The first-order chi connectivity index (χ1) is 15.4. The molecule has 0 bridgehead atoms. The summed E-state index contributed by atoms with van der Waals surface area (Å²) in [5.41, 5.74) is 4.17. The van der Waals surface area contributed by atoms with E-state index >= 15 is 0 Å². The molecule has 2 heterocycles. The van der Waals surface area contributed by atoms with Crippen LogP contribution in [0.2, 0.25) is 0 Å². The Kier molecular flexibility index (Phi) is 9.70. The molecule has 174 valence electrons. The first kappa shape index (κ1) is 24.9. The number of rotatable bonds is 13. The SMILES string of the molecule is Cc1c(SCCOCCCCOCC(F)(F)F)ccnc1CSc1nc2ccccc2[nH]1. The summed E-state index contributed by atoms with van der Waals surface area (Å²) in [5, 5.41) is 0.877. The third-order valence-corrected chi connectivity index (χ3v) is 6.56. The second kappa shape index (κ2) is 12.5. The molecule has 1 aromatic carbocycles. The highest BCUT2D eigenvalue weighted by Gasteiger charge is 2.27. The van der Waals surface area contributed by atoms with Gasteiger partial charge in [-0.1, -0.05) is 23.9 Å². The highest BCUT2D eigenvalue weighted by Crippen LogP contribution is 2.28. The van der Waals surface area contributed by atoms with Crippen molar-refractivity contribution in [3.63, 3.8) is 0 Å². The number of fused-ring (bicyclic) bond motifs is 1. The van der Waals surface area contributed by atoms with Crippen molar-refractivity contribution in [2.24, 2.45) is 0 Å². The molecule has 5 nitrogen and oxygen atoms in total. The predicted molar refractivity (Wildman–Crippen MR) is 122 cm³/mol. The van der Waals surface area contributed by atoms with Crippen LogP contribution in [0.5, 0.6) is 0 Å². The third-order valence-electron chi connectivity index (χ3n) is 4.55. The quantitative estimate of drug-likeness (QED) is 0.236. The van der Waals surface area contributed by atoms with Crippen LogP contribution in [0.15, 0.2) is 46.6 Å². The standard InChI is InChI=1S/C22H26F3N3O2S2/c1-16-19(14-32-21-27-17-6-2-3-7-18(17)28-21)26-9-8-20(16)31-13-12-29-10-4-5-11-30-15-22(23,24)25/h2-3,6-9H,4-5,10-15H2,1H3,(H,27,28). The molecule has 10 heteroatoms. The Hall–Kier alpha value is -1.75. The van der Waals surface area contributed by atoms with Gasteiger partial charge in [0.25, 0.3) is 0 Å². The molecule has 0 aliphatic rings. The lowest BCUT2D eigenvalue weighted by atomic mass is 10.2. The summed E-state index contributed by atoms with van der Waals surface area (Å²) >= 11 is 3.34. The Labute approximate surface area is 193 Å². The number of alkyl halides is 3. The molecule has 0 fully saturated rings. The Morgan fingerprint density at radius 3 is 2.56 bits per heavy atom. The van der Waals surface area contributed by atoms with Gasteiger partial charge in [-0.05, 0) is 43.5 Å². The minimum atomic E-state index is -4.26. The van der Waals surface area contributed by atoms with Crippen molar-refractivity contribution in [3.8, 4) is 0 Å². The molecule has 0 aliphatic carbocycles. The molecule has 0 spiro atoms. The maximum Gasteiger partial charge on any atom is 0.411 e. The molecule has 0 saturated carbocycles. The van der Waals surface area contributed by atoms with Crippen molar-refractivity contribution in [1.82, 2.24) is 15.0 Å². The van der Waals surface area contributed by atoms with E-state index in [4.69, 9.17) is 4.74 Å². The van der Waals surface area contributed by atoms with Crippen molar-refractivity contribution < 1.29 is 22.6 Å². The lowest BCUT2D eigenvalue weighted by molar-refractivity contribution is -0.174. The number of thioether (sulfide) groups is 2. The maximum absolute atomic E-state index is 12.0. The lowest BCUT2D eigenvalue weighted by Crippen LogP contribution is -2.17. The van der Waals surface area contributed by atoms with Crippen molar-refractivity contribution in [2.75, 3.05) is 32.2 Å². The van der Waals surface area contributed by atoms with Gasteiger partial charge in [-0.3, -0.25) is 4.98 Å². The number of pyridine rings is 1. The van der Waals surface area contributed by atoms with Crippen LogP contribution in [0.1, 0.15) is 24.1 Å². The summed E-state index contributed by atoms with van der Waals surface area (Å²) in [5.74, 6) is 1.53. The van der Waals surface area contributed by atoms with Crippen LogP contribution in [0.25, 0.3) is 11.0 Å². The molecule has 3 aromatic rings. The van der Waals surface area contributed by atoms with Crippen LogP contribution in [-0.2, 0) is 15.2 Å². The maximum atomic E-state index is 12.0. The molecule has 32 heavy (non-hydrogen) atoms. The fraction of sp³-hybridized carbons (Fsp3) is 0.455. The molecule has 0 unspecified atom stereocenters. The summed E-state index contributed by atoms with van der Waals surface area (Å²) in [4.78, 5) is 13.6. The van der Waals surface area contributed by atoms with Gasteiger partial charge in [0.05, 0.1) is 23.3 Å². The number of ether oxygens (including phenoxy) is 2. The monoisotopic (exact) mass is 485 g/mol. The van der Waals surface area contributed by atoms with Crippen LogP contribution >= 0.6 is 23.5 Å². The number of H-pyrrole nitrogens is 1. The van der Waals surface area contributed by atoms with E-state index in [1.54, 1.807) is 23.5 Å². The zero-order valence-corrected chi connectivity index (χ0v) is 19.4. The topological polar surface area (TPSA) is 60.0 Å². The van der Waals surface area contributed by atoms with Crippen molar-refractivity contribution in [1.29, 1.82) is 0 Å². The van der Waals surface area contributed by atoms with Gasteiger partial charge < -0.3 is 14.5 Å². The summed E-state index contributed by atoms with van der Waals surface area (Å²) in [6.07, 6.45) is -1.20. The molecule has 0 radical (unpaired) electrons. The van der Waals surface area contributed by atoms with E-state index in [1.807, 2.05) is 36.5 Å². The smallest absolute Gasteiger partial charge is 0.381 e. The van der Waals surface area contributed by atoms with E-state index in [-0.39, 0.29) is 6.61 Å². The number of benzene rings is 1. The number of imidazole rings is 1. The van der Waals surface area contributed by atoms with Crippen LogP contribution < -0.4 is 0 Å². The number of nitrogens with one attached hydrogen (secondary N) is 1. The number of aromatic nitrogens is 3. The average molecular weight is 486 g/mol. The van der Waals surface area contributed by atoms with Gasteiger partial charge in [0.15, 0.2) is 5.16 Å². The molecular formula is C22H26F3N3O2S2. The molecule has 0 aliphatic heterocycles. The van der Waals surface area contributed by atoms with E-state index in [0.29, 0.717) is 26.1 Å². The molecule has 1 N–H and O–H groups in total. The minimum Gasteiger partial charge on any atom is -0.381 e. The van der Waals surface area contributed by atoms with Crippen LogP contribution in [-0.4, -0.2) is 53.3 Å². The normalized spacial score (nSPS) is 12.0. The first-order valence-electron chi connectivity index (χ1n) is 10.3. The second-order valence-electron chi connectivity index (χ2n) is 7.06. The fourth-order valence-electron chi connectivity index (χ4n) is 2.90. The van der Waals surface area contributed by atoms with E-state index < -0.39 is 12.8 Å².